The number of benzene rings is 1. The summed E-state index contributed by atoms with van der Waals surface area (Å²) in [5.41, 5.74) is 3.43. The standard InChI is InChI=1S/C23H29ClN4O2S/c1-28-12-8-15-2-3-18(14-17(15)9-13-28)26-23(30)21(16-6-10-25-11-7-16)27-22(29)19-4-5-20(24)31-19/h2-5,14,16,21,25H,6-13H2,1H3,(H,26,30)(H,27,29). The number of halogens is 1. The number of carbonyl (C=O) groups is 2. The Morgan fingerprint density at radius 2 is 1.87 bits per heavy atom. The first-order valence-corrected chi connectivity index (χ1v) is 12.1. The molecule has 4 rings (SSSR count). The molecule has 2 amide bonds. The van der Waals surface area contributed by atoms with Gasteiger partial charge in [0.25, 0.3) is 5.91 Å². The Kier molecular flexibility index (Phi) is 7.27. The third-order valence-corrected chi connectivity index (χ3v) is 7.45. The van der Waals surface area contributed by atoms with Gasteiger partial charge in [-0.05, 0) is 87.1 Å². The summed E-state index contributed by atoms with van der Waals surface area (Å²) in [5.74, 6) is -0.316. The third-order valence-electron chi connectivity index (χ3n) is 6.22. The molecule has 0 radical (unpaired) electrons. The Hall–Kier alpha value is -1.93. The first-order chi connectivity index (χ1) is 15.0. The number of piperidine rings is 1. The number of nitrogens with zero attached hydrogens (tertiary/aromatic N) is 1. The molecule has 0 aliphatic carbocycles. The molecular weight excluding hydrogens is 432 g/mol. The van der Waals surface area contributed by atoms with Crippen molar-refractivity contribution in [3.63, 3.8) is 0 Å². The predicted octanol–water partition coefficient (Wildman–Crippen LogP) is 3.17. The topological polar surface area (TPSA) is 73.5 Å². The predicted molar refractivity (Wildman–Crippen MR) is 126 cm³/mol. The van der Waals surface area contributed by atoms with Gasteiger partial charge in [-0.25, -0.2) is 0 Å². The molecule has 3 N–H and O–H groups in total. The lowest BCUT2D eigenvalue weighted by atomic mass is 9.89. The minimum absolute atomic E-state index is 0.0927. The zero-order chi connectivity index (χ0) is 21.8. The summed E-state index contributed by atoms with van der Waals surface area (Å²) in [7, 11) is 2.14. The van der Waals surface area contributed by atoms with E-state index in [1.807, 2.05) is 6.07 Å². The summed E-state index contributed by atoms with van der Waals surface area (Å²) in [4.78, 5) is 28.9. The van der Waals surface area contributed by atoms with Crippen LogP contribution in [0.2, 0.25) is 4.34 Å². The van der Waals surface area contributed by atoms with Gasteiger partial charge in [-0.3, -0.25) is 9.59 Å². The maximum absolute atomic E-state index is 13.3. The van der Waals surface area contributed by atoms with E-state index in [0.29, 0.717) is 9.21 Å². The molecular formula is C23H29ClN4O2S. The minimum Gasteiger partial charge on any atom is -0.339 e. The highest BCUT2D eigenvalue weighted by Gasteiger charge is 2.31. The van der Waals surface area contributed by atoms with Crippen molar-refractivity contribution in [2.45, 2.75) is 31.7 Å². The van der Waals surface area contributed by atoms with Crippen molar-refractivity contribution in [1.29, 1.82) is 0 Å². The van der Waals surface area contributed by atoms with E-state index in [0.717, 1.165) is 57.5 Å². The van der Waals surface area contributed by atoms with Crippen molar-refractivity contribution in [1.82, 2.24) is 15.5 Å². The van der Waals surface area contributed by atoms with E-state index >= 15 is 0 Å². The fourth-order valence-corrected chi connectivity index (χ4v) is 5.30. The molecule has 2 aliphatic heterocycles. The van der Waals surface area contributed by atoms with Crippen LogP contribution in [0.15, 0.2) is 30.3 Å². The van der Waals surface area contributed by atoms with Crippen molar-refractivity contribution in [2.24, 2.45) is 5.92 Å². The number of nitrogens with one attached hydrogen (secondary N) is 3. The van der Waals surface area contributed by atoms with Crippen LogP contribution in [0, 0.1) is 5.92 Å². The smallest absolute Gasteiger partial charge is 0.262 e. The van der Waals surface area contributed by atoms with Crippen LogP contribution in [0.5, 0.6) is 0 Å². The number of hydrogen-bond acceptors (Lipinski definition) is 5. The maximum atomic E-state index is 13.3. The van der Waals surface area contributed by atoms with Crippen molar-refractivity contribution in [3.05, 3.63) is 50.7 Å². The lowest BCUT2D eigenvalue weighted by molar-refractivity contribution is -0.119. The van der Waals surface area contributed by atoms with Crippen molar-refractivity contribution in [3.8, 4) is 0 Å². The second kappa shape index (κ2) is 10.1. The average molecular weight is 461 g/mol. The summed E-state index contributed by atoms with van der Waals surface area (Å²) in [6.07, 6.45) is 3.69. The average Bonchev–Trinajstić information content (AvgIpc) is 3.13. The normalized spacial score (nSPS) is 18.6. The van der Waals surface area contributed by atoms with Crippen LogP contribution in [-0.2, 0) is 17.6 Å². The van der Waals surface area contributed by atoms with Gasteiger partial charge in [0.05, 0.1) is 9.21 Å². The quantitative estimate of drug-likeness (QED) is 0.640. The highest BCUT2D eigenvalue weighted by molar-refractivity contribution is 7.18. The number of carbonyl (C=O) groups excluding carboxylic acids is 2. The Labute approximate surface area is 192 Å². The Bertz CT molecular complexity index is 941. The third kappa shape index (κ3) is 5.66. The second-order valence-corrected chi connectivity index (χ2v) is 10.1. The molecule has 2 aromatic rings. The van der Waals surface area contributed by atoms with Gasteiger partial charge in [-0.15, -0.1) is 11.3 Å². The largest absolute Gasteiger partial charge is 0.339 e. The number of hydrogen-bond donors (Lipinski definition) is 3. The molecule has 166 valence electrons. The van der Waals surface area contributed by atoms with E-state index in [9.17, 15) is 9.59 Å². The van der Waals surface area contributed by atoms with Crippen LogP contribution in [-0.4, -0.2) is 56.0 Å². The van der Waals surface area contributed by atoms with Gasteiger partial charge in [0.2, 0.25) is 5.91 Å². The van der Waals surface area contributed by atoms with Gasteiger partial charge in [-0.2, -0.15) is 0 Å². The maximum Gasteiger partial charge on any atom is 0.262 e. The SMILES string of the molecule is CN1CCc2ccc(NC(=O)C(NC(=O)c3ccc(Cl)s3)C3CCNCC3)cc2CC1. The molecule has 3 heterocycles. The van der Waals surface area contributed by atoms with Gasteiger partial charge in [0.1, 0.15) is 6.04 Å². The van der Waals surface area contributed by atoms with Crippen LogP contribution in [0.1, 0.15) is 33.6 Å². The van der Waals surface area contributed by atoms with Gasteiger partial charge in [0.15, 0.2) is 0 Å². The van der Waals surface area contributed by atoms with Crippen molar-refractivity contribution >= 4 is 40.4 Å². The van der Waals surface area contributed by atoms with Crippen molar-refractivity contribution in [2.75, 3.05) is 38.5 Å². The Balaban J connectivity index is 1.49. The second-order valence-electron chi connectivity index (χ2n) is 8.42. The van der Waals surface area contributed by atoms with Gasteiger partial charge in [-0.1, -0.05) is 17.7 Å². The molecule has 0 bridgehead atoms. The lowest BCUT2D eigenvalue weighted by Crippen LogP contribution is -2.51. The molecule has 1 aromatic carbocycles. The van der Waals surface area contributed by atoms with E-state index in [1.165, 1.54) is 22.5 Å². The van der Waals surface area contributed by atoms with Crippen molar-refractivity contribution < 1.29 is 9.59 Å². The van der Waals surface area contributed by atoms with Crippen LogP contribution < -0.4 is 16.0 Å². The molecule has 1 unspecified atom stereocenters. The van der Waals surface area contributed by atoms with Gasteiger partial charge in [0, 0.05) is 18.8 Å². The molecule has 1 fully saturated rings. The van der Waals surface area contributed by atoms with Crippen LogP contribution in [0.4, 0.5) is 5.69 Å². The number of rotatable bonds is 5. The van der Waals surface area contributed by atoms with Gasteiger partial charge < -0.3 is 20.9 Å². The van der Waals surface area contributed by atoms with E-state index in [2.05, 4.69) is 40.0 Å². The number of anilines is 1. The highest BCUT2D eigenvalue weighted by atomic mass is 35.5. The number of thiophene rings is 1. The summed E-state index contributed by atoms with van der Waals surface area (Å²) in [6, 6.07) is 9.00. The molecule has 1 saturated heterocycles. The fraction of sp³-hybridized carbons (Fsp3) is 0.478. The number of likely N-dealkylation sites (N-methyl/N-ethyl adjacent to an activating group) is 1. The number of amides is 2. The molecule has 1 aromatic heterocycles. The van der Waals surface area contributed by atoms with Gasteiger partial charge >= 0.3 is 0 Å². The van der Waals surface area contributed by atoms with E-state index < -0.39 is 6.04 Å². The zero-order valence-electron chi connectivity index (χ0n) is 17.7. The highest BCUT2D eigenvalue weighted by Crippen LogP contribution is 2.24. The monoisotopic (exact) mass is 460 g/mol. The van der Waals surface area contributed by atoms with Crippen LogP contribution in [0.3, 0.4) is 0 Å². The summed E-state index contributed by atoms with van der Waals surface area (Å²) >= 11 is 7.21. The summed E-state index contributed by atoms with van der Waals surface area (Å²) in [6.45, 7) is 3.76. The molecule has 0 saturated carbocycles. The van der Waals surface area contributed by atoms with E-state index in [4.69, 9.17) is 11.6 Å². The lowest BCUT2D eigenvalue weighted by Gasteiger charge is -2.30. The molecule has 0 spiro atoms. The molecule has 31 heavy (non-hydrogen) atoms. The molecule has 6 nitrogen and oxygen atoms in total. The summed E-state index contributed by atoms with van der Waals surface area (Å²) < 4.78 is 0.559. The molecule has 1 atom stereocenters. The number of fused-ring (bicyclic) bond motifs is 1. The van der Waals surface area contributed by atoms with Crippen LogP contribution in [0.25, 0.3) is 0 Å². The van der Waals surface area contributed by atoms with Crippen LogP contribution >= 0.6 is 22.9 Å². The van der Waals surface area contributed by atoms with E-state index in [-0.39, 0.29) is 17.7 Å². The Morgan fingerprint density at radius 1 is 1.13 bits per heavy atom. The minimum atomic E-state index is -0.583. The summed E-state index contributed by atoms with van der Waals surface area (Å²) in [5, 5.41) is 9.38. The first-order valence-electron chi connectivity index (χ1n) is 10.9. The Morgan fingerprint density at radius 3 is 2.58 bits per heavy atom. The molecule has 2 aliphatic rings. The first kappa shape index (κ1) is 22.3. The zero-order valence-corrected chi connectivity index (χ0v) is 19.3. The van der Waals surface area contributed by atoms with E-state index in [1.54, 1.807) is 12.1 Å². The fourth-order valence-electron chi connectivity index (χ4n) is 4.36. The molecule has 8 heteroatoms.